The maximum Gasteiger partial charge on any atom is 0.412 e. The summed E-state index contributed by atoms with van der Waals surface area (Å²) in [6.45, 7) is 17.7. The van der Waals surface area contributed by atoms with Gasteiger partial charge in [-0.2, -0.15) is 15.2 Å². The minimum atomic E-state index is -0.831. The molecule has 6 heterocycles. The van der Waals surface area contributed by atoms with E-state index < -0.39 is 28.9 Å². The Morgan fingerprint density at radius 1 is 1.10 bits per heavy atom. The maximum absolute atomic E-state index is 17.5. The van der Waals surface area contributed by atoms with Gasteiger partial charge in [0.05, 0.1) is 32.9 Å². The van der Waals surface area contributed by atoms with E-state index in [1.807, 2.05) is 30.6 Å². The van der Waals surface area contributed by atoms with Gasteiger partial charge in [-0.25, -0.2) is 18.4 Å². The highest BCUT2D eigenvalue weighted by Crippen LogP contribution is 2.47. The molecule has 8 rings (SSSR count). The lowest BCUT2D eigenvalue weighted by Gasteiger charge is -2.42. The second kappa shape index (κ2) is 14.5. The number of hydrogen-bond acceptors (Lipinski definition) is 11. The first-order valence-electron chi connectivity index (χ1n) is 19.5. The molecule has 2 amide bonds. The third-order valence-electron chi connectivity index (χ3n) is 11.2. The van der Waals surface area contributed by atoms with E-state index in [1.165, 1.54) is 12.1 Å². The molecule has 4 saturated heterocycles. The normalized spacial score (nSPS) is 22.1. The molecule has 4 fully saturated rings. The predicted molar refractivity (Wildman–Crippen MR) is 220 cm³/mol. The Hall–Kier alpha value is -4.78. The molecule has 0 radical (unpaired) electrons. The molecule has 2 aromatic heterocycles. The third-order valence-corrected chi connectivity index (χ3v) is 12.6. The fourth-order valence-corrected chi connectivity index (χ4v) is 10.4. The quantitative estimate of drug-likeness (QED) is 0.187. The number of halogens is 3. The number of aromatic nitrogens is 2. The van der Waals surface area contributed by atoms with Crippen LogP contribution in [0.4, 0.5) is 29.2 Å². The van der Waals surface area contributed by atoms with E-state index in [1.54, 1.807) is 26.8 Å². The number of nitriles is 1. The minimum absolute atomic E-state index is 0.0170. The van der Waals surface area contributed by atoms with Gasteiger partial charge in [0.15, 0.2) is 5.82 Å². The molecule has 58 heavy (non-hydrogen) atoms. The summed E-state index contributed by atoms with van der Waals surface area (Å²) in [6, 6.07) is 5.84. The second-order valence-corrected chi connectivity index (χ2v) is 19.2. The number of nitrogens with one attached hydrogen (secondary N) is 1. The van der Waals surface area contributed by atoms with Gasteiger partial charge >= 0.3 is 18.2 Å². The first-order valence-corrected chi connectivity index (χ1v) is 20.7. The van der Waals surface area contributed by atoms with Crippen molar-refractivity contribution in [3.05, 3.63) is 52.6 Å². The van der Waals surface area contributed by atoms with E-state index in [0.29, 0.717) is 24.3 Å². The summed E-state index contributed by atoms with van der Waals surface area (Å²) in [7, 11) is 0. The lowest BCUT2D eigenvalue weighted by Crippen LogP contribution is -2.57. The fraction of sp³-hybridized carbons (Fsp3) is 0.500. The Morgan fingerprint density at radius 3 is 2.48 bits per heavy atom. The molecule has 0 unspecified atom stereocenters. The molecule has 0 aliphatic carbocycles. The van der Waals surface area contributed by atoms with Crippen LogP contribution in [0.2, 0.25) is 5.02 Å². The van der Waals surface area contributed by atoms with Crippen molar-refractivity contribution in [3.8, 4) is 23.2 Å². The van der Waals surface area contributed by atoms with Gasteiger partial charge in [0, 0.05) is 36.0 Å². The van der Waals surface area contributed by atoms with Crippen molar-refractivity contribution < 1.29 is 32.6 Å². The molecule has 4 aliphatic heterocycles. The van der Waals surface area contributed by atoms with Crippen LogP contribution in [0.1, 0.15) is 79.2 Å². The van der Waals surface area contributed by atoms with E-state index >= 15 is 8.78 Å². The molecular weight excluding hydrogens is 788 g/mol. The van der Waals surface area contributed by atoms with Crippen LogP contribution in [-0.2, 0) is 9.47 Å². The zero-order valence-electron chi connectivity index (χ0n) is 33.4. The summed E-state index contributed by atoms with van der Waals surface area (Å²) in [6.07, 6.45) is 3.06. The summed E-state index contributed by atoms with van der Waals surface area (Å²) in [5, 5.41) is 13.4. The van der Waals surface area contributed by atoms with Crippen LogP contribution in [-0.4, -0.2) is 93.6 Å². The van der Waals surface area contributed by atoms with Gasteiger partial charge in [0.2, 0.25) is 0 Å². The number of ether oxygens (including phenoxy) is 3. The van der Waals surface area contributed by atoms with E-state index in [-0.39, 0.29) is 78.7 Å². The van der Waals surface area contributed by atoms with Crippen LogP contribution >= 0.6 is 22.9 Å². The molecule has 2 bridgehead atoms. The van der Waals surface area contributed by atoms with Gasteiger partial charge in [-0.15, -0.1) is 11.3 Å². The van der Waals surface area contributed by atoms with Crippen molar-refractivity contribution in [2.45, 2.75) is 102 Å². The number of hydrogen-bond donors (Lipinski definition) is 1. The highest BCUT2D eigenvalue weighted by molar-refractivity contribution is 7.23. The number of amides is 2. The molecule has 12 nitrogen and oxygen atoms in total. The molecule has 0 spiro atoms. The van der Waals surface area contributed by atoms with Crippen molar-refractivity contribution >= 4 is 66.9 Å². The zero-order valence-corrected chi connectivity index (χ0v) is 35.0. The third kappa shape index (κ3) is 7.28. The number of piperazine rings is 1. The Labute approximate surface area is 344 Å². The van der Waals surface area contributed by atoms with Crippen LogP contribution in [0.3, 0.4) is 0 Å². The lowest BCUT2D eigenvalue weighted by molar-refractivity contribution is 0.0122. The predicted octanol–water partition coefficient (Wildman–Crippen LogP) is 9.42. The molecule has 2 aromatic carbocycles. The van der Waals surface area contributed by atoms with Crippen LogP contribution in [0.5, 0.6) is 6.01 Å². The van der Waals surface area contributed by atoms with E-state index in [9.17, 15) is 14.9 Å². The number of rotatable bonds is 6. The summed E-state index contributed by atoms with van der Waals surface area (Å²) in [5.41, 5.74) is -0.712. The zero-order chi connectivity index (χ0) is 41.5. The number of carbonyl (C=O) groups is 2. The van der Waals surface area contributed by atoms with Crippen LogP contribution in [0.15, 0.2) is 30.4 Å². The maximum atomic E-state index is 17.5. The topological polar surface area (TPSA) is 133 Å². The Bertz CT molecular complexity index is 2410. The average molecular weight is 834 g/mol. The monoisotopic (exact) mass is 833 g/mol. The lowest BCUT2D eigenvalue weighted by atomic mass is 9.94. The summed E-state index contributed by atoms with van der Waals surface area (Å²) in [5.74, 6) is -1.07. The number of fused-ring (bicyclic) bond motifs is 5. The SMILES string of the molecule is C=C1CN2CCC[C@@]2(COc2nc(N3C[C@H]4CC[C@@H](C3)N4C(=O)OC(C)(C)C)c3cc(Cl)c(-c4ccc(F)c5sc(NC(=O)OC(C)(C)C)c(C#N)c45)c(F)c3n2)C1. The van der Waals surface area contributed by atoms with Gasteiger partial charge in [-0.1, -0.05) is 29.8 Å². The van der Waals surface area contributed by atoms with E-state index in [4.69, 9.17) is 30.8 Å². The number of anilines is 2. The largest absolute Gasteiger partial charge is 0.461 e. The first kappa shape index (κ1) is 40.0. The number of thiophene rings is 1. The Morgan fingerprint density at radius 2 is 1.81 bits per heavy atom. The van der Waals surface area contributed by atoms with E-state index in [2.05, 4.69) is 27.8 Å². The number of benzene rings is 2. The molecule has 306 valence electrons. The van der Waals surface area contributed by atoms with Gasteiger partial charge in [0.1, 0.15) is 46.0 Å². The highest BCUT2D eigenvalue weighted by Gasteiger charge is 2.47. The molecule has 4 aromatic rings. The van der Waals surface area contributed by atoms with Crippen LogP contribution < -0.4 is 15.0 Å². The van der Waals surface area contributed by atoms with Gasteiger partial charge < -0.3 is 19.1 Å². The second-order valence-electron chi connectivity index (χ2n) is 17.8. The van der Waals surface area contributed by atoms with Crippen molar-refractivity contribution in [2.75, 3.05) is 43.0 Å². The summed E-state index contributed by atoms with van der Waals surface area (Å²) < 4.78 is 50.6. The van der Waals surface area contributed by atoms with Crippen molar-refractivity contribution in [3.63, 3.8) is 0 Å². The molecule has 1 N–H and O–H groups in total. The molecule has 0 saturated carbocycles. The van der Waals surface area contributed by atoms with Crippen molar-refractivity contribution in [1.82, 2.24) is 19.8 Å². The molecule has 16 heteroatoms. The van der Waals surface area contributed by atoms with Crippen LogP contribution in [0, 0.1) is 23.0 Å². The number of nitrogens with zero attached hydrogens (tertiary/aromatic N) is 6. The minimum Gasteiger partial charge on any atom is -0.461 e. The van der Waals surface area contributed by atoms with Gasteiger partial charge in [-0.05, 0) is 97.9 Å². The smallest absolute Gasteiger partial charge is 0.412 e. The average Bonchev–Trinajstić information content (AvgIpc) is 3.84. The fourth-order valence-electron chi connectivity index (χ4n) is 9.02. The highest BCUT2D eigenvalue weighted by atomic mass is 35.5. The Balaban J connectivity index is 1.24. The molecule has 4 aliphatic rings. The summed E-state index contributed by atoms with van der Waals surface area (Å²) >= 11 is 7.86. The van der Waals surface area contributed by atoms with Gasteiger partial charge in [0.25, 0.3) is 0 Å². The number of carbonyl (C=O) groups excluding carboxylic acids is 2. The van der Waals surface area contributed by atoms with Crippen molar-refractivity contribution in [2.24, 2.45) is 0 Å². The first-order chi connectivity index (χ1) is 27.3. The standard InChI is InChI=1S/C42H46ClF2N7O5S/c1-22-16-42(13-8-14-51(42)18-22)21-55-37-47-33-26(35(48-37)50-19-23-9-10-24(20-50)52(23)39(54)57-41(5,6)7)15-28(43)31(32(33)45)25-11-12-29(44)34-30(25)27(17-46)36(58-34)49-38(53)56-40(2,3)4/h11-12,15,23-24H,1,8-10,13-14,16,18-21H2,2-7H3,(H,49,53)/t23-,24+,42-/m0/s1. The van der Waals surface area contributed by atoms with E-state index in [0.717, 1.165) is 62.1 Å². The molecule has 3 atom stereocenters. The van der Waals surface area contributed by atoms with Crippen molar-refractivity contribution in [1.29, 1.82) is 5.26 Å². The van der Waals surface area contributed by atoms with Gasteiger partial charge in [-0.3, -0.25) is 15.1 Å². The molecular formula is C42H46ClF2N7O5S. The van der Waals surface area contributed by atoms with Crippen LogP contribution in [0.25, 0.3) is 32.1 Å². The Kier molecular flexibility index (Phi) is 10.0. The summed E-state index contributed by atoms with van der Waals surface area (Å²) in [4.78, 5) is 41.9.